The molecule has 1 amide bonds. The molecule has 1 saturated heterocycles. The number of anilines is 2. The zero-order chi connectivity index (χ0) is 29.3. The molecule has 3 aromatic carbocycles. The number of fused-ring (bicyclic) bond motifs is 2. The number of likely N-dealkylation sites (tertiary alicyclic amines) is 1. The molecule has 0 aromatic heterocycles. The van der Waals surface area contributed by atoms with Crippen LogP contribution in [0.25, 0.3) is 5.70 Å². The molecule has 6 rings (SSSR count). The summed E-state index contributed by atoms with van der Waals surface area (Å²) in [6.45, 7) is 1.42. The van der Waals surface area contributed by atoms with Crippen molar-refractivity contribution >= 4 is 29.2 Å². The van der Waals surface area contributed by atoms with Gasteiger partial charge in [0.1, 0.15) is 23.8 Å². The fourth-order valence-electron chi connectivity index (χ4n) is 6.35. The lowest BCUT2D eigenvalue weighted by Crippen LogP contribution is -2.45. The third kappa shape index (κ3) is 5.15. The zero-order valence-corrected chi connectivity index (χ0v) is 24.1. The van der Waals surface area contributed by atoms with Crippen molar-refractivity contribution in [2.24, 2.45) is 0 Å². The van der Waals surface area contributed by atoms with Gasteiger partial charge < -0.3 is 30.0 Å². The Balaban J connectivity index is 1.46. The molecule has 2 heterocycles. The number of allylic oxidation sites excluding steroid dienone is 1. The van der Waals surface area contributed by atoms with Crippen LogP contribution in [0.5, 0.6) is 11.5 Å². The van der Waals surface area contributed by atoms with E-state index in [4.69, 9.17) is 14.9 Å². The highest BCUT2D eigenvalue weighted by atomic mass is 19.1. The first kappa shape index (κ1) is 28.0. The van der Waals surface area contributed by atoms with Crippen molar-refractivity contribution in [3.8, 4) is 11.5 Å². The second-order valence-corrected chi connectivity index (χ2v) is 11.5. The summed E-state index contributed by atoms with van der Waals surface area (Å²) >= 11 is 0. The Bertz CT molecular complexity index is 1490. The van der Waals surface area contributed by atoms with Crippen LogP contribution in [0.2, 0.25) is 0 Å². The maximum Gasteiger partial charge on any atom is 0.238 e. The number of ether oxygens (including phenoxy) is 2. The molecule has 3 aliphatic rings. The van der Waals surface area contributed by atoms with E-state index < -0.39 is 17.7 Å². The van der Waals surface area contributed by atoms with E-state index in [0.717, 1.165) is 59.6 Å². The quantitative estimate of drug-likeness (QED) is 0.301. The molecule has 2 unspecified atom stereocenters. The Hall–Kier alpha value is -4.17. The summed E-state index contributed by atoms with van der Waals surface area (Å²) in [4.78, 5) is 18.1. The molecule has 42 heavy (non-hydrogen) atoms. The average Bonchev–Trinajstić information content (AvgIpc) is 3.23. The van der Waals surface area contributed by atoms with Crippen LogP contribution in [-0.2, 0) is 16.8 Å². The van der Waals surface area contributed by atoms with E-state index in [9.17, 15) is 4.79 Å². The first-order valence-electron chi connectivity index (χ1n) is 14.6. The number of piperidine rings is 1. The molecule has 0 bridgehead atoms. The lowest BCUT2D eigenvalue weighted by atomic mass is 9.65. The number of nitrogens with one attached hydrogen (secondary N) is 2. The van der Waals surface area contributed by atoms with Gasteiger partial charge in [-0.1, -0.05) is 36.8 Å². The van der Waals surface area contributed by atoms with Gasteiger partial charge in [0.05, 0.1) is 24.8 Å². The number of alkyl halides is 1. The maximum atomic E-state index is 15.3. The van der Waals surface area contributed by atoms with Crippen molar-refractivity contribution in [3.63, 3.8) is 0 Å². The SMILES string of the molecule is COc1ccc(CN2C(=O)C3(CCC3)c3cc(/C(=C/C=N)Nc4ccccc4)cc(OC4CCN(C)CC4F)c32)cc1. The highest BCUT2D eigenvalue weighted by molar-refractivity contribution is 6.10. The molecule has 1 spiro atoms. The summed E-state index contributed by atoms with van der Waals surface area (Å²) in [7, 11) is 3.55. The summed E-state index contributed by atoms with van der Waals surface area (Å²) < 4.78 is 27.2. The molecule has 2 N–H and O–H groups in total. The Morgan fingerprint density at radius 2 is 1.90 bits per heavy atom. The zero-order valence-electron chi connectivity index (χ0n) is 24.1. The highest BCUT2D eigenvalue weighted by Gasteiger charge is 2.55. The van der Waals surface area contributed by atoms with Gasteiger partial charge in [-0.05, 0) is 79.9 Å². The van der Waals surface area contributed by atoms with Gasteiger partial charge >= 0.3 is 0 Å². The van der Waals surface area contributed by atoms with Crippen molar-refractivity contribution in [1.82, 2.24) is 4.90 Å². The van der Waals surface area contributed by atoms with Gasteiger partial charge in [-0.2, -0.15) is 0 Å². The van der Waals surface area contributed by atoms with E-state index in [0.29, 0.717) is 31.0 Å². The molecule has 218 valence electrons. The number of rotatable bonds is 9. The van der Waals surface area contributed by atoms with Gasteiger partial charge in [0, 0.05) is 36.3 Å². The van der Waals surface area contributed by atoms with E-state index in [2.05, 4.69) is 11.4 Å². The van der Waals surface area contributed by atoms with Crippen molar-refractivity contribution in [3.05, 3.63) is 89.5 Å². The predicted molar refractivity (Wildman–Crippen MR) is 164 cm³/mol. The Labute approximate surface area is 246 Å². The molecule has 8 heteroatoms. The number of carbonyl (C=O) groups is 1. The molecule has 1 aliphatic carbocycles. The third-order valence-corrected chi connectivity index (χ3v) is 8.80. The highest BCUT2D eigenvalue weighted by Crippen LogP contribution is 2.57. The molecule has 2 aliphatic heterocycles. The lowest BCUT2D eigenvalue weighted by Gasteiger charge is -2.37. The van der Waals surface area contributed by atoms with Gasteiger partial charge in [-0.3, -0.25) is 4.79 Å². The second-order valence-electron chi connectivity index (χ2n) is 11.5. The lowest BCUT2D eigenvalue weighted by molar-refractivity contribution is -0.126. The number of halogens is 1. The molecular formula is C34H37FN4O3. The van der Waals surface area contributed by atoms with Gasteiger partial charge in [0.2, 0.25) is 5.91 Å². The molecule has 2 fully saturated rings. The largest absolute Gasteiger partial charge is 0.497 e. The van der Waals surface area contributed by atoms with Gasteiger partial charge in [-0.15, -0.1) is 0 Å². The number of benzene rings is 3. The number of nitrogens with zero attached hydrogens (tertiary/aromatic N) is 2. The van der Waals surface area contributed by atoms with Crippen molar-refractivity contribution in [1.29, 1.82) is 5.41 Å². The topological polar surface area (TPSA) is 77.9 Å². The van der Waals surface area contributed by atoms with E-state index >= 15 is 4.39 Å². The van der Waals surface area contributed by atoms with E-state index in [-0.39, 0.29) is 5.91 Å². The number of carbonyl (C=O) groups excluding carboxylic acids is 1. The summed E-state index contributed by atoms with van der Waals surface area (Å²) in [5, 5.41) is 11.3. The minimum Gasteiger partial charge on any atom is -0.497 e. The fraction of sp³-hybridized carbons (Fsp3) is 0.353. The van der Waals surface area contributed by atoms with Crippen LogP contribution < -0.4 is 19.7 Å². The van der Waals surface area contributed by atoms with Gasteiger partial charge in [-0.25, -0.2) is 4.39 Å². The molecule has 2 atom stereocenters. The molecule has 0 radical (unpaired) electrons. The third-order valence-electron chi connectivity index (χ3n) is 8.80. The maximum absolute atomic E-state index is 15.3. The summed E-state index contributed by atoms with van der Waals surface area (Å²) in [5.74, 6) is 1.33. The summed E-state index contributed by atoms with van der Waals surface area (Å²) in [6.07, 6.45) is 4.22. The summed E-state index contributed by atoms with van der Waals surface area (Å²) in [6, 6.07) is 21.5. The smallest absolute Gasteiger partial charge is 0.238 e. The molecule has 3 aromatic rings. The van der Waals surface area contributed by atoms with Crippen LogP contribution in [0.4, 0.5) is 15.8 Å². The van der Waals surface area contributed by atoms with E-state index in [1.54, 1.807) is 13.2 Å². The van der Waals surface area contributed by atoms with Crippen LogP contribution >= 0.6 is 0 Å². The average molecular weight is 569 g/mol. The number of para-hydroxylation sites is 1. The first-order valence-corrected chi connectivity index (χ1v) is 14.6. The van der Waals surface area contributed by atoms with E-state index in [1.165, 1.54) is 6.21 Å². The van der Waals surface area contributed by atoms with Crippen molar-refractivity contribution in [2.75, 3.05) is 37.5 Å². The van der Waals surface area contributed by atoms with Gasteiger partial charge in [0.15, 0.2) is 0 Å². The molecular weight excluding hydrogens is 531 g/mol. The monoisotopic (exact) mass is 568 g/mol. The molecule has 7 nitrogen and oxygen atoms in total. The Kier molecular flexibility index (Phi) is 7.73. The number of methoxy groups -OCH3 is 1. The van der Waals surface area contributed by atoms with Crippen molar-refractivity contribution in [2.45, 2.75) is 49.9 Å². The second kappa shape index (κ2) is 11.6. The fourth-order valence-corrected chi connectivity index (χ4v) is 6.35. The number of hydrogen-bond donors (Lipinski definition) is 2. The summed E-state index contributed by atoms with van der Waals surface area (Å²) in [5.41, 5.74) is 4.39. The van der Waals surface area contributed by atoms with E-state index in [1.807, 2.05) is 77.5 Å². The van der Waals surface area contributed by atoms with Crippen LogP contribution in [0.1, 0.15) is 42.4 Å². The van der Waals surface area contributed by atoms with Crippen LogP contribution in [0.3, 0.4) is 0 Å². The molecule has 1 saturated carbocycles. The van der Waals surface area contributed by atoms with Gasteiger partial charge in [0.25, 0.3) is 0 Å². The minimum atomic E-state index is -1.15. The number of amides is 1. The van der Waals surface area contributed by atoms with Crippen molar-refractivity contribution < 1.29 is 18.7 Å². The normalized spacial score (nSPS) is 21.5. The number of hydrogen-bond acceptors (Lipinski definition) is 6. The Morgan fingerprint density at radius 3 is 2.55 bits per heavy atom. The Morgan fingerprint density at radius 1 is 1.14 bits per heavy atom. The standard InChI is InChI=1S/C34H37FN4O3/c1-38-18-14-30(28(35)22-38)42-31-20-24(29(13-17-36)37-25-7-4-3-5-8-25)19-27-32(31)39(33(40)34(27)15-6-16-34)21-23-9-11-26(41-2)12-10-23/h3-5,7-13,17,19-20,28,30,36-37H,6,14-16,18,21-22H2,1-2H3/b29-13-,36-17?. The van der Waals surface area contributed by atoms with Crippen LogP contribution in [0.15, 0.2) is 72.8 Å². The van der Waals surface area contributed by atoms with Crippen LogP contribution in [-0.4, -0.2) is 56.5 Å². The first-order chi connectivity index (χ1) is 20.4. The van der Waals surface area contributed by atoms with Crippen LogP contribution in [0, 0.1) is 5.41 Å². The minimum absolute atomic E-state index is 0.0651. The predicted octanol–water partition coefficient (Wildman–Crippen LogP) is 6.19.